The SMILES string of the molecule is COc1ccc(S(=O)(=O)N2CCc3nc(NC(=O)c4cnccn4)sc3C2)cc1C(N)=O. The lowest BCUT2D eigenvalue weighted by Gasteiger charge is -2.25. The summed E-state index contributed by atoms with van der Waals surface area (Å²) in [5.74, 6) is -1.04. The first-order valence-electron chi connectivity index (χ1n) is 9.33. The molecule has 0 bridgehead atoms. The van der Waals surface area contributed by atoms with Crippen molar-refractivity contribution in [2.45, 2.75) is 17.9 Å². The number of hydrogen-bond acceptors (Lipinski definition) is 9. The summed E-state index contributed by atoms with van der Waals surface area (Å²) in [5, 5.41) is 3.02. The number of primary amides is 1. The minimum atomic E-state index is -3.90. The van der Waals surface area contributed by atoms with Gasteiger partial charge in [0, 0.05) is 30.2 Å². The molecule has 1 aliphatic heterocycles. The number of ether oxygens (including phenoxy) is 1. The molecule has 0 spiro atoms. The standard InChI is InChI=1S/C19H18N6O5S2/c1-30-15-3-2-11(8-12(15)17(20)26)32(28,29)25-7-4-13-16(10-25)31-19(23-13)24-18(27)14-9-21-5-6-22-14/h2-3,5-6,8-9H,4,7,10H2,1H3,(H2,20,26)(H,23,24,27). The lowest BCUT2D eigenvalue weighted by atomic mass is 10.2. The predicted octanol–water partition coefficient (Wildman–Crippen LogP) is 1.04. The molecule has 13 heteroatoms. The van der Waals surface area contributed by atoms with Crippen LogP contribution in [0.2, 0.25) is 0 Å². The van der Waals surface area contributed by atoms with Crippen LogP contribution in [0.4, 0.5) is 5.13 Å². The van der Waals surface area contributed by atoms with Crippen LogP contribution in [0, 0.1) is 0 Å². The van der Waals surface area contributed by atoms with Gasteiger partial charge in [0.05, 0.1) is 36.0 Å². The lowest BCUT2D eigenvalue weighted by molar-refractivity contribution is 0.0994. The van der Waals surface area contributed by atoms with E-state index in [1.807, 2.05) is 0 Å². The van der Waals surface area contributed by atoms with E-state index < -0.39 is 21.8 Å². The minimum absolute atomic E-state index is 0.0157. The molecule has 11 nitrogen and oxygen atoms in total. The van der Waals surface area contributed by atoms with Gasteiger partial charge >= 0.3 is 0 Å². The normalized spacial score (nSPS) is 13.9. The van der Waals surface area contributed by atoms with Crippen LogP contribution in [0.3, 0.4) is 0 Å². The number of fused-ring (bicyclic) bond motifs is 1. The van der Waals surface area contributed by atoms with Crippen LogP contribution in [-0.4, -0.2) is 53.1 Å². The Balaban J connectivity index is 1.55. The second kappa shape index (κ2) is 8.61. The molecule has 0 saturated heterocycles. The fourth-order valence-electron chi connectivity index (χ4n) is 3.20. The topological polar surface area (TPSA) is 157 Å². The molecule has 0 saturated carbocycles. The molecular formula is C19H18N6O5S2. The van der Waals surface area contributed by atoms with Crippen molar-refractivity contribution in [3.63, 3.8) is 0 Å². The molecule has 1 aromatic carbocycles. The van der Waals surface area contributed by atoms with E-state index in [1.165, 1.54) is 59.5 Å². The van der Waals surface area contributed by atoms with Crippen LogP contribution >= 0.6 is 11.3 Å². The lowest BCUT2D eigenvalue weighted by Crippen LogP contribution is -2.35. The number of aromatic nitrogens is 3. The number of nitrogens with one attached hydrogen (secondary N) is 1. The average molecular weight is 475 g/mol. The Bertz CT molecular complexity index is 1290. The molecule has 1 aliphatic rings. The number of carbonyl (C=O) groups is 2. The van der Waals surface area contributed by atoms with Gasteiger partial charge in [0.15, 0.2) is 5.13 Å². The van der Waals surface area contributed by atoms with Crippen LogP contribution in [0.15, 0.2) is 41.7 Å². The summed E-state index contributed by atoms with van der Waals surface area (Å²) >= 11 is 1.20. The Morgan fingerprint density at radius 3 is 2.78 bits per heavy atom. The summed E-state index contributed by atoms with van der Waals surface area (Å²) < 4.78 is 32.7. The molecule has 0 unspecified atom stereocenters. The highest BCUT2D eigenvalue weighted by Crippen LogP contribution is 2.32. The van der Waals surface area contributed by atoms with E-state index in [1.54, 1.807) is 0 Å². The highest BCUT2D eigenvalue weighted by Gasteiger charge is 2.31. The molecule has 0 radical (unpaired) electrons. The van der Waals surface area contributed by atoms with E-state index >= 15 is 0 Å². The second-order valence-corrected chi connectivity index (χ2v) is 9.77. The van der Waals surface area contributed by atoms with Crippen molar-refractivity contribution in [3.8, 4) is 5.75 Å². The van der Waals surface area contributed by atoms with Gasteiger partial charge in [0.2, 0.25) is 10.0 Å². The first-order chi connectivity index (χ1) is 15.3. The number of amides is 2. The van der Waals surface area contributed by atoms with Crippen LogP contribution in [0.25, 0.3) is 0 Å². The fraction of sp³-hybridized carbons (Fsp3) is 0.211. The van der Waals surface area contributed by atoms with Gasteiger partial charge in [-0.25, -0.2) is 18.4 Å². The number of hydrogen-bond donors (Lipinski definition) is 2. The van der Waals surface area contributed by atoms with Crippen LogP contribution in [0.5, 0.6) is 5.75 Å². The van der Waals surface area contributed by atoms with Gasteiger partial charge in [-0.1, -0.05) is 0 Å². The van der Waals surface area contributed by atoms with E-state index in [0.29, 0.717) is 11.6 Å². The van der Waals surface area contributed by atoms with E-state index in [0.717, 1.165) is 10.6 Å². The Labute approximate surface area is 187 Å². The van der Waals surface area contributed by atoms with Gasteiger partial charge < -0.3 is 10.5 Å². The summed E-state index contributed by atoms with van der Waals surface area (Å²) in [5.41, 5.74) is 6.21. The number of rotatable bonds is 6. The van der Waals surface area contributed by atoms with E-state index in [4.69, 9.17) is 10.5 Å². The van der Waals surface area contributed by atoms with Gasteiger partial charge in [-0.15, -0.1) is 11.3 Å². The van der Waals surface area contributed by atoms with E-state index in [9.17, 15) is 18.0 Å². The first-order valence-corrected chi connectivity index (χ1v) is 11.6. The number of sulfonamides is 1. The third kappa shape index (κ3) is 4.17. The highest BCUT2D eigenvalue weighted by molar-refractivity contribution is 7.89. The molecule has 0 aliphatic carbocycles. The average Bonchev–Trinajstić information content (AvgIpc) is 3.20. The van der Waals surface area contributed by atoms with Crippen molar-refractivity contribution in [2.24, 2.45) is 5.73 Å². The molecule has 166 valence electrons. The van der Waals surface area contributed by atoms with E-state index in [-0.39, 0.29) is 35.0 Å². The van der Waals surface area contributed by atoms with Crippen molar-refractivity contribution >= 4 is 38.3 Å². The molecule has 0 atom stereocenters. The van der Waals surface area contributed by atoms with Crippen molar-refractivity contribution < 1.29 is 22.7 Å². The number of nitrogens with two attached hydrogens (primary N) is 1. The van der Waals surface area contributed by atoms with Gasteiger partial charge in [-0.05, 0) is 18.2 Å². The maximum absolute atomic E-state index is 13.2. The quantitative estimate of drug-likeness (QED) is 0.536. The Kier molecular flexibility index (Phi) is 5.86. The summed E-state index contributed by atoms with van der Waals surface area (Å²) in [6, 6.07) is 3.98. The Morgan fingerprint density at radius 1 is 1.28 bits per heavy atom. The largest absolute Gasteiger partial charge is 0.496 e. The summed E-state index contributed by atoms with van der Waals surface area (Å²) in [7, 11) is -2.53. The molecule has 4 rings (SSSR count). The van der Waals surface area contributed by atoms with Crippen molar-refractivity contribution in [2.75, 3.05) is 19.0 Å². The van der Waals surface area contributed by atoms with Crippen molar-refractivity contribution in [1.82, 2.24) is 19.3 Å². The highest BCUT2D eigenvalue weighted by atomic mass is 32.2. The van der Waals surface area contributed by atoms with Crippen molar-refractivity contribution in [1.29, 1.82) is 0 Å². The molecule has 3 N–H and O–H groups in total. The van der Waals surface area contributed by atoms with Crippen LogP contribution < -0.4 is 15.8 Å². The molecule has 3 heterocycles. The smallest absolute Gasteiger partial charge is 0.277 e. The first kappa shape index (κ1) is 21.8. The summed E-state index contributed by atoms with van der Waals surface area (Å²) in [6.45, 7) is 0.294. The van der Waals surface area contributed by atoms with Gasteiger partial charge in [0.25, 0.3) is 11.8 Å². The Hall–Kier alpha value is -3.42. The molecule has 3 aromatic rings. The maximum atomic E-state index is 13.2. The maximum Gasteiger partial charge on any atom is 0.277 e. The number of thiazole rings is 1. The minimum Gasteiger partial charge on any atom is -0.496 e. The number of benzene rings is 1. The van der Waals surface area contributed by atoms with Gasteiger partial charge in [0.1, 0.15) is 11.4 Å². The zero-order valence-corrected chi connectivity index (χ0v) is 18.4. The zero-order chi connectivity index (χ0) is 22.9. The van der Waals surface area contributed by atoms with Gasteiger partial charge in [-0.3, -0.25) is 19.9 Å². The Morgan fingerprint density at radius 2 is 2.09 bits per heavy atom. The fourth-order valence-corrected chi connectivity index (χ4v) is 5.73. The van der Waals surface area contributed by atoms with Crippen molar-refractivity contribution in [3.05, 3.63) is 58.6 Å². The predicted molar refractivity (Wildman–Crippen MR) is 115 cm³/mol. The van der Waals surface area contributed by atoms with Gasteiger partial charge in [-0.2, -0.15) is 4.31 Å². The summed E-state index contributed by atoms with van der Waals surface area (Å²) in [4.78, 5) is 36.8. The molecule has 2 aromatic heterocycles. The van der Waals surface area contributed by atoms with E-state index in [2.05, 4.69) is 20.3 Å². The number of methoxy groups -OCH3 is 1. The third-order valence-corrected chi connectivity index (χ3v) is 7.63. The number of carbonyl (C=O) groups excluding carboxylic acids is 2. The molecular weight excluding hydrogens is 456 g/mol. The monoisotopic (exact) mass is 474 g/mol. The third-order valence-electron chi connectivity index (χ3n) is 4.79. The number of anilines is 1. The zero-order valence-electron chi connectivity index (χ0n) is 16.8. The number of nitrogens with zero attached hydrogens (tertiary/aromatic N) is 4. The second-order valence-electron chi connectivity index (χ2n) is 6.75. The van der Waals surface area contributed by atoms with Crippen LogP contribution in [0.1, 0.15) is 31.4 Å². The van der Waals surface area contributed by atoms with Crippen LogP contribution in [-0.2, 0) is 23.0 Å². The molecule has 0 fully saturated rings. The summed E-state index contributed by atoms with van der Waals surface area (Å²) in [6.07, 6.45) is 4.59. The molecule has 32 heavy (non-hydrogen) atoms. The molecule has 2 amide bonds.